The van der Waals surface area contributed by atoms with E-state index in [1.807, 2.05) is 65.0 Å². The average molecular weight is 261 g/mol. The molecule has 0 spiro atoms. The van der Waals surface area contributed by atoms with Gasteiger partial charge in [-0.3, -0.25) is 4.99 Å². The van der Waals surface area contributed by atoms with E-state index in [-0.39, 0.29) is 12.0 Å². The van der Waals surface area contributed by atoms with Crippen molar-refractivity contribution in [3.05, 3.63) is 35.9 Å². The number of carbonyl (C=O) groups is 1. The van der Waals surface area contributed by atoms with E-state index in [9.17, 15) is 4.79 Å². The van der Waals surface area contributed by atoms with Crippen LogP contribution in [-0.4, -0.2) is 17.3 Å². The number of hydrogen-bond donors (Lipinski definition) is 0. The van der Waals surface area contributed by atoms with Gasteiger partial charge in [0.25, 0.3) is 0 Å². The molecule has 0 heterocycles. The Kier molecular flexibility index (Phi) is 5.28. The van der Waals surface area contributed by atoms with Gasteiger partial charge in [-0.1, -0.05) is 37.3 Å². The van der Waals surface area contributed by atoms with E-state index in [4.69, 9.17) is 4.74 Å². The second-order valence-corrected chi connectivity index (χ2v) is 5.52. The average Bonchev–Trinajstić information content (AvgIpc) is 2.34. The van der Waals surface area contributed by atoms with Crippen molar-refractivity contribution in [1.82, 2.24) is 0 Å². The highest BCUT2D eigenvalue weighted by Gasteiger charge is 2.20. The first kappa shape index (κ1) is 15.4. The third-order valence-corrected chi connectivity index (χ3v) is 2.60. The first-order valence-corrected chi connectivity index (χ1v) is 6.68. The Balaban J connectivity index is 2.85. The summed E-state index contributed by atoms with van der Waals surface area (Å²) in [4.78, 5) is 16.5. The summed E-state index contributed by atoms with van der Waals surface area (Å²) in [6.45, 7) is 9.48. The van der Waals surface area contributed by atoms with E-state index in [1.54, 1.807) is 0 Å². The van der Waals surface area contributed by atoms with Gasteiger partial charge in [-0.15, -0.1) is 0 Å². The van der Waals surface area contributed by atoms with Crippen molar-refractivity contribution >= 4 is 11.7 Å². The summed E-state index contributed by atoms with van der Waals surface area (Å²) >= 11 is 0. The van der Waals surface area contributed by atoms with Crippen LogP contribution in [0.4, 0.5) is 0 Å². The molecule has 0 aliphatic carbocycles. The Bertz CT molecular complexity index is 444. The molecule has 1 aromatic carbocycles. The zero-order valence-electron chi connectivity index (χ0n) is 12.4. The number of aliphatic imine (C=N–C) groups is 1. The molecule has 0 bridgehead atoms. The SMILES string of the molecule is CCC(=N[C@H](C)c1ccccc1)C(=O)OC(C)(C)C. The molecule has 0 unspecified atom stereocenters. The van der Waals surface area contributed by atoms with Gasteiger partial charge in [-0.05, 0) is 39.7 Å². The molecule has 104 valence electrons. The molecule has 0 aromatic heterocycles. The fourth-order valence-corrected chi connectivity index (χ4v) is 1.67. The van der Waals surface area contributed by atoms with Crippen LogP contribution in [0.25, 0.3) is 0 Å². The second kappa shape index (κ2) is 6.50. The lowest BCUT2D eigenvalue weighted by Crippen LogP contribution is -2.29. The van der Waals surface area contributed by atoms with Crippen LogP contribution in [0, 0.1) is 0 Å². The number of nitrogens with zero attached hydrogens (tertiary/aromatic N) is 1. The Morgan fingerprint density at radius 3 is 2.32 bits per heavy atom. The van der Waals surface area contributed by atoms with Crippen molar-refractivity contribution in [2.75, 3.05) is 0 Å². The zero-order chi connectivity index (χ0) is 14.5. The normalized spacial score (nSPS) is 14.1. The van der Waals surface area contributed by atoms with Crippen LogP contribution in [0.2, 0.25) is 0 Å². The Labute approximate surface area is 115 Å². The smallest absolute Gasteiger partial charge is 0.352 e. The van der Waals surface area contributed by atoms with E-state index in [0.717, 1.165) is 5.56 Å². The molecule has 0 saturated heterocycles. The van der Waals surface area contributed by atoms with Crippen molar-refractivity contribution in [2.45, 2.75) is 52.7 Å². The summed E-state index contributed by atoms with van der Waals surface area (Å²) < 4.78 is 5.36. The van der Waals surface area contributed by atoms with Gasteiger partial charge in [0.1, 0.15) is 11.3 Å². The van der Waals surface area contributed by atoms with Crippen molar-refractivity contribution in [2.24, 2.45) is 4.99 Å². The van der Waals surface area contributed by atoms with Gasteiger partial charge in [-0.2, -0.15) is 0 Å². The largest absolute Gasteiger partial charge is 0.455 e. The summed E-state index contributed by atoms with van der Waals surface area (Å²) in [6.07, 6.45) is 0.575. The van der Waals surface area contributed by atoms with Gasteiger partial charge in [0, 0.05) is 0 Å². The fraction of sp³-hybridized carbons (Fsp3) is 0.500. The number of rotatable bonds is 4. The molecule has 0 aliphatic heterocycles. The van der Waals surface area contributed by atoms with Gasteiger partial charge < -0.3 is 4.74 Å². The molecule has 0 aliphatic rings. The molecule has 0 amide bonds. The van der Waals surface area contributed by atoms with Crippen LogP contribution in [0.1, 0.15) is 52.6 Å². The van der Waals surface area contributed by atoms with Crippen LogP contribution in [0.5, 0.6) is 0 Å². The predicted molar refractivity (Wildman–Crippen MR) is 78.4 cm³/mol. The standard InChI is InChI=1S/C16H23NO2/c1-6-14(15(18)19-16(3,4)5)17-12(2)13-10-8-7-9-11-13/h7-12H,6H2,1-5H3/t12-/m1/s1. The molecular weight excluding hydrogens is 238 g/mol. The molecule has 3 nitrogen and oxygen atoms in total. The molecule has 0 N–H and O–H groups in total. The molecule has 3 heteroatoms. The first-order chi connectivity index (χ1) is 8.83. The molecule has 0 saturated carbocycles. The van der Waals surface area contributed by atoms with Crippen LogP contribution < -0.4 is 0 Å². The monoisotopic (exact) mass is 261 g/mol. The quantitative estimate of drug-likeness (QED) is 0.608. The van der Waals surface area contributed by atoms with Crippen molar-refractivity contribution in [3.8, 4) is 0 Å². The van der Waals surface area contributed by atoms with Gasteiger partial charge >= 0.3 is 5.97 Å². The summed E-state index contributed by atoms with van der Waals surface area (Å²) in [6, 6.07) is 9.89. The van der Waals surface area contributed by atoms with E-state index in [1.165, 1.54) is 0 Å². The minimum atomic E-state index is -0.483. The topological polar surface area (TPSA) is 38.7 Å². The molecule has 19 heavy (non-hydrogen) atoms. The maximum absolute atomic E-state index is 12.0. The summed E-state index contributed by atoms with van der Waals surface area (Å²) in [5, 5.41) is 0. The Hall–Kier alpha value is -1.64. The van der Waals surface area contributed by atoms with E-state index in [0.29, 0.717) is 12.1 Å². The zero-order valence-corrected chi connectivity index (χ0v) is 12.4. The number of hydrogen-bond acceptors (Lipinski definition) is 3. The molecular formula is C16H23NO2. The number of carbonyl (C=O) groups excluding carboxylic acids is 1. The minimum Gasteiger partial charge on any atom is -0.455 e. The van der Waals surface area contributed by atoms with Gasteiger partial charge in [0.05, 0.1) is 6.04 Å². The van der Waals surface area contributed by atoms with Crippen LogP contribution in [0.15, 0.2) is 35.3 Å². The van der Waals surface area contributed by atoms with Crippen molar-refractivity contribution in [1.29, 1.82) is 0 Å². The lowest BCUT2D eigenvalue weighted by Gasteiger charge is -2.20. The Morgan fingerprint density at radius 1 is 1.26 bits per heavy atom. The fourth-order valence-electron chi connectivity index (χ4n) is 1.67. The minimum absolute atomic E-state index is 0.0383. The van der Waals surface area contributed by atoms with Crippen LogP contribution in [-0.2, 0) is 9.53 Å². The predicted octanol–water partition coefficient (Wildman–Crippen LogP) is 3.94. The van der Waals surface area contributed by atoms with E-state index >= 15 is 0 Å². The van der Waals surface area contributed by atoms with Gasteiger partial charge in [-0.25, -0.2) is 4.79 Å². The highest BCUT2D eigenvalue weighted by molar-refractivity contribution is 6.36. The van der Waals surface area contributed by atoms with Gasteiger partial charge in [0.15, 0.2) is 0 Å². The highest BCUT2D eigenvalue weighted by Crippen LogP contribution is 2.17. The maximum atomic E-state index is 12.0. The summed E-state index contributed by atoms with van der Waals surface area (Å²) in [5.74, 6) is -0.321. The van der Waals surface area contributed by atoms with Gasteiger partial charge in [0.2, 0.25) is 0 Å². The molecule has 0 fully saturated rings. The molecule has 1 aromatic rings. The maximum Gasteiger partial charge on any atom is 0.352 e. The third kappa shape index (κ3) is 5.25. The molecule has 0 radical (unpaired) electrons. The first-order valence-electron chi connectivity index (χ1n) is 6.68. The number of benzene rings is 1. The van der Waals surface area contributed by atoms with Crippen molar-refractivity contribution < 1.29 is 9.53 Å². The van der Waals surface area contributed by atoms with E-state index in [2.05, 4.69) is 4.99 Å². The van der Waals surface area contributed by atoms with Crippen molar-refractivity contribution in [3.63, 3.8) is 0 Å². The summed E-state index contributed by atoms with van der Waals surface area (Å²) in [5.41, 5.74) is 1.10. The highest BCUT2D eigenvalue weighted by atomic mass is 16.6. The lowest BCUT2D eigenvalue weighted by molar-refractivity contribution is -0.146. The number of esters is 1. The molecule has 1 atom stereocenters. The third-order valence-electron chi connectivity index (χ3n) is 2.60. The van der Waals surface area contributed by atoms with Crippen LogP contribution >= 0.6 is 0 Å². The van der Waals surface area contributed by atoms with Crippen LogP contribution in [0.3, 0.4) is 0 Å². The second-order valence-electron chi connectivity index (χ2n) is 5.52. The lowest BCUT2D eigenvalue weighted by atomic mass is 10.1. The Morgan fingerprint density at radius 2 is 1.84 bits per heavy atom. The number of ether oxygens (including phenoxy) is 1. The van der Waals surface area contributed by atoms with E-state index < -0.39 is 5.60 Å². The molecule has 1 rings (SSSR count). The summed E-state index contributed by atoms with van der Waals surface area (Å²) in [7, 11) is 0.